The third kappa shape index (κ3) is 5.17. The van der Waals surface area contributed by atoms with Crippen LogP contribution in [-0.4, -0.2) is 35.6 Å². The summed E-state index contributed by atoms with van der Waals surface area (Å²) in [5, 5.41) is 3.21. The molecule has 0 saturated carbocycles. The highest BCUT2D eigenvalue weighted by molar-refractivity contribution is 5.96. The summed E-state index contributed by atoms with van der Waals surface area (Å²) in [6.45, 7) is 8.33. The monoisotopic (exact) mass is 342 g/mol. The minimum absolute atomic E-state index is 0.341. The van der Waals surface area contributed by atoms with Crippen molar-refractivity contribution in [1.29, 1.82) is 0 Å². The van der Waals surface area contributed by atoms with Crippen LogP contribution in [0.2, 0.25) is 0 Å². The van der Waals surface area contributed by atoms with E-state index >= 15 is 0 Å². The van der Waals surface area contributed by atoms with Gasteiger partial charge in [-0.05, 0) is 31.9 Å². The van der Waals surface area contributed by atoms with Crippen molar-refractivity contribution in [3.8, 4) is 0 Å². The van der Waals surface area contributed by atoms with E-state index in [4.69, 9.17) is 4.74 Å². The molecule has 1 heterocycles. The fourth-order valence-corrected chi connectivity index (χ4v) is 2.59. The lowest BCUT2D eigenvalue weighted by Crippen LogP contribution is -2.26. The second-order valence-corrected chi connectivity index (χ2v) is 5.64. The zero-order valence-electron chi connectivity index (χ0n) is 15.2. The number of aromatic nitrogens is 2. The minimum atomic E-state index is -0.349. The molecule has 1 N–H and O–H groups in total. The van der Waals surface area contributed by atoms with Crippen molar-refractivity contribution < 1.29 is 9.53 Å². The van der Waals surface area contributed by atoms with Gasteiger partial charge in [-0.1, -0.05) is 26.0 Å². The Morgan fingerprint density at radius 3 is 2.52 bits per heavy atom. The normalized spacial score (nSPS) is 10.4. The minimum Gasteiger partial charge on any atom is -0.462 e. The lowest BCUT2D eigenvalue weighted by Gasteiger charge is -2.22. The smallest absolute Gasteiger partial charge is 0.340 e. The molecule has 6 nitrogen and oxygen atoms in total. The van der Waals surface area contributed by atoms with Gasteiger partial charge in [0, 0.05) is 19.2 Å². The summed E-state index contributed by atoms with van der Waals surface area (Å²) in [4.78, 5) is 23.0. The fourth-order valence-electron chi connectivity index (χ4n) is 2.59. The number of rotatable bonds is 9. The molecule has 0 amide bonds. The molecule has 134 valence electrons. The van der Waals surface area contributed by atoms with Crippen LogP contribution in [-0.2, 0) is 4.74 Å². The van der Waals surface area contributed by atoms with Gasteiger partial charge >= 0.3 is 5.97 Å². The number of ether oxygens (including phenoxy) is 1. The number of carbonyl (C=O) groups excluding carboxylic acids is 1. The number of carbonyl (C=O) groups is 1. The summed E-state index contributed by atoms with van der Waals surface area (Å²) >= 11 is 0. The second kappa shape index (κ2) is 9.61. The first-order chi connectivity index (χ1) is 12.2. The van der Waals surface area contributed by atoms with Crippen LogP contribution < -0.4 is 10.2 Å². The maximum atomic E-state index is 12.1. The molecule has 0 atom stereocenters. The van der Waals surface area contributed by atoms with Gasteiger partial charge in [0.05, 0.1) is 17.9 Å². The van der Waals surface area contributed by atoms with Crippen LogP contribution in [0, 0.1) is 0 Å². The lowest BCUT2D eigenvalue weighted by atomic mass is 10.2. The highest BCUT2D eigenvalue weighted by atomic mass is 16.5. The van der Waals surface area contributed by atoms with Crippen LogP contribution in [0.15, 0.2) is 36.7 Å². The van der Waals surface area contributed by atoms with Crippen LogP contribution in [0.3, 0.4) is 0 Å². The fraction of sp³-hybridized carbons (Fsp3) is 0.421. The average molecular weight is 342 g/mol. The van der Waals surface area contributed by atoms with E-state index in [1.807, 2.05) is 24.3 Å². The van der Waals surface area contributed by atoms with Crippen LogP contribution in [0.1, 0.15) is 44.0 Å². The number of nitrogens with zero attached hydrogens (tertiary/aromatic N) is 3. The van der Waals surface area contributed by atoms with Gasteiger partial charge in [0.25, 0.3) is 0 Å². The van der Waals surface area contributed by atoms with Crippen LogP contribution in [0.25, 0.3) is 0 Å². The molecule has 0 saturated heterocycles. The Hall–Kier alpha value is -2.63. The number of anilines is 3. The van der Waals surface area contributed by atoms with E-state index in [9.17, 15) is 4.79 Å². The molecule has 0 radical (unpaired) electrons. The molecule has 0 aliphatic rings. The maximum absolute atomic E-state index is 12.1. The zero-order chi connectivity index (χ0) is 18.1. The van der Waals surface area contributed by atoms with E-state index in [2.05, 4.69) is 34.0 Å². The van der Waals surface area contributed by atoms with Gasteiger partial charge in [-0.2, -0.15) is 0 Å². The summed E-state index contributed by atoms with van der Waals surface area (Å²) in [6.07, 6.45) is 3.65. The molecule has 0 unspecified atom stereocenters. The molecule has 0 bridgehead atoms. The first-order valence-corrected chi connectivity index (χ1v) is 8.79. The van der Waals surface area contributed by atoms with Gasteiger partial charge < -0.3 is 15.0 Å². The van der Waals surface area contributed by atoms with Gasteiger partial charge in [0.15, 0.2) is 0 Å². The number of esters is 1. The predicted octanol–water partition coefficient (Wildman–Crippen LogP) is 4.02. The van der Waals surface area contributed by atoms with Crippen molar-refractivity contribution in [2.24, 2.45) is 0 Å². The van der Waals surface area contributed by atoms with E-state index < -0.39 is 0 Å². The third-order valence-corrected chi connectivity index (χ3v) is 3.65. The molecule has 25 heavy (non-hydrogen) atoms. The molecule has 2 rings (SSSR count). The lowest BCUT2D eigenvalue weighted by molar-refractivity contribution is 0.0527. The molecule has 0 aliphatic carbocycles. The van der Waals surface area contributed by atoms with Crippen molar-refractivity contribution in [1.82, 2.24) is 9.97 Å². The summed E-state index contributed by atoms with van der Waals surface area (Å²) in [5.74, 6) is 1.19. The van der Waals surface area contributed by atoms with Gasteiger partial charge in [-0.3, -0.25) is 0 Å². The Morgan fingerprint density at radius 1 is 1.12 bits per heavy atom. The van der Waals surface area contributed by atoms with E-state index in [1.54, 1.807) is 19.3 Å². The Balaban J connectivity index is 2.24. The standard InChI is InChI=1S/C19H26N4O2/c1-4-11-23(12-5-2)18-13-17(20-14-21-18)22-16-10-8-7-9-15(16)19(24)25-6-3/h7-10,13-14H,4-6,11-12H2,1-3H3,(H,20,21,22). The molecule has 2 aromatic rings. The highest BCUT2D eigenvalue weighted by Crippen LogP contribution is 2.22. The molecular weight excluding hydrogens is 316 g/mol. The van der Waals surface area contributed by atoms with E-state index in [0.29, 0.717) is 23.7 Å². The highest BCUT2D eigenvalue weighted by Gasteiger charge is 2.13. The maximum Gasteiger partial charge on any atom is 0.340 e. The number of hydrogen-bond donors (Lipinski definition) is 1. The summed E-state index contributed by atoms with van der Waals surface area (Å²) < 4.78 is 5.11. The Labute approximate surface area is 149 Å². The Kier molecular flexibility index (Phi) is 7.19. The molecule has 0 fully saturated rings. The summed E-state index contributed by atoms with van der Waals surface area (Å²) in [6, 6.07) is 9.17. The van der Waals surface area contributed by atoms with E-state index in [1.165, 1.54) is 0 Å². The van der Waals surface area contributed by atoms with E-state index in [-0.39, 0.29) is 5.97 Å². The van der Waals surface area contributed by atoms with Gasteiger partial charge in [0.2, 0.25) is 0 Å². The van der Waals surface area contributed by atoms with Crippen molar-refractivity contribution in [3.05, 3.63) is 42.2 Å². The first kappa shape index (κ1) is 18.7. The van der Waals surface area contributed by atoms with Crippen molar-refractivity contribution in [3.63, 3.8) is 0 Å². The third-order valence-electron chi connectivity index (χ3n) is 3.65. The first-order valence-electron chi connectivity index (χ1n) is 8.79. The molecule has 1 aromatic carbocycles. The summed E-state index contributed by atoms with van der Waals surface area (Å²) in [5.41, 5.74) is 1.16. The quantitative estimate of drug-likeness (QED) is 0.694. The number of hydrogen-bond acceptors (Lipinski definition) is 6. The molecule has 0 aliphatic heterocycles. The van der Waals surface area contributed by atoms with Crippen molar-refractivity contribution >= 4 is 23.3 Å². The van der Waals surface area contributed by atoms with Crippen molar-refractivity contribution in [2.75, 3.05) is 29.9 Å². The SMILES string of the molecule is CCCN(CCC)c1cc(Nc2ccccc2C(=O)OCC)ncn1. The van der Waals surface area contributed by atoms with E-state index in [0.717, 1.165) is 31.7 Å². The number of benzene rings is 1. The molecule has 1 aromatic heterocycles. The summed E-state index contributed by atoms with van der Waals surface area (Å²) in [7, 11) is 0. The average Bonchev–Trinajstić information content (AvgIpc) is 2.62. The number of para-hydroxylation sites is 1. The zero-order valence-corrected chi connectivity index (χ0v) is 15.2. The second-order valence-electron chi connectivity index (χ2n) is 5.64. The van der Waals surface area contributed by atoms with Crippen molar-refractivity contribution in [2.45, 2.75) is 33.6 Å². The topological polar surface area (TPSA) is 67.4 Å². The Morgan fingerprint density at radius 2 is 1.84 bits per heavy atom. The number of nitrogens with one attached hydrogen (secondary N) is 1. The van der Waals surface area contributed by atoms with Crippen LogP contribution >= 0.6 is 0 Å². The predicted molar refractivity (Wildman–Crippen MR) is 101 cm³/mol. The van der Waals surface area contributed by atoms with Gasteiger partial charge in [-0.25, -0.2) is 14.8 Å². The molecule has 6 heteroatoms. The van der Waals surface area contributed by atoms with Crippen LogP contribution in [0.4, 0.5) is 17.3 Å². The molecular formula is C19H26N4O2. The van der Waals surface area contributed by atoms with Gasteiger partial charge in [0.1, 0.15) is 18.0 Å². The van der Waals surface area contributed by atoms with Gasteiger partial charge in [-0.15, -0.1) is 0 Å². The molecule has 0 spiro atoms. The van der Waals surface area contributed by atoms with Crippen LogP contribution in [0.5, 0.6) is 0 Å². The Bertz CT molecular complexity index is 685. The largest absolute Gasteiger partial charge is 0.462 e.